The normalized spacial score (nSPS) is 16.2. The molecular weight excluding hydrogens is 529 g/mol. The molecule has 0 amide bonds. The van der Waals surface area contributed by atoms with Crippen molar-refractivity contribution in [2.45, 2.75) is 0 Å². The Morgan fingerprint density at radius 3 is 0.556 bits per heavy atom. The van der Waals surface area contributed by atoms with E-state index in [1.807, 2.05) is 0 Å². The minimum Gasteiger partial charge on any atom is -0.391 e. The van der Waals surface area contributed by atoms with Gasteiger partial charge in [-0.05, 0) is 0 Å². The largest absolute Gasteiger partial charge is 0.570 e. The lowest BCUT2D eigenvalue weighted by Gasteiger charge is -2.33. The third kappa shape index (κ3) is 4.19. The molecule has 0 heterocycles. The van der Waals surface area contributed by atoms with Gasteiger partial charge in [0, 0.05) is 37.5 Å². The Bertz CT molecular complexity index is 1010. The Kier molecular flexibility index (Phi) is 6.84. The SMILES string of the molecule is CS(=O)(=O)[Si](O[Si](S(C)(=O)=O)(S(C)(=O)=O)S(C)(=O)=O)(S(C)(=O)=O)S(C)(=O)=O. The van der Waals surface area contributed by atoms with Crippen molar-refractivity contribution in [3.05, 3.63) is 0 Å². The standard InChI is InChI=1S/C6H18O13S6Si2/c1-20(7,8)26(21(2,9)10,22(3,11)12)19-27(23(4,13)14,24(5,15)16)25(6,17)18/h1-6H3. The Morgan fingerprint density at radius 1 is 0.370 bits per heavy atom. The predicted molar refractivity (Wildman–Crippen MR) is 102 cm³/mol. The van der Waals surface area contributed by atoms with E-state index in [-0.39, 0.29) is 37.5 Å². The van der Waals surface area contributed by atoms with Crippen LogP contribution in [-0.2, 0) is 59.8 Å². The van der Waals surface area contributed by atoms with E-state index in [0.29, 0.717) is 0 Å². The van der Waals surface area contributed by atoms with E-state index in [4.69, 9.17) is 0 Å². The first-order chi connectivity index (χ1) is 11.2. The van der Waals surface area contributed by atoms with Crippen molar-refractivity contribution in [2.75, 3.05) is 37.5 Å². The zero-order chi connectivity index (χ0) is 22.7. The van der Waals surface area contributed by atoms with E-state index in [0.717, 1.165) is 0 Å². The molecule has 0 spiro atoms. The van der Waals surface area contributed by atoms with E-state index in [9.17, 15) is 50.5 Å². The third-order valence-corrected chi connectivity index (χ3v) is 64.0. The van der Waals surface area contributed by atoms with Gasteiger partial charge >= 0.3 is 11.5 Å². The van der Waals surface area contributed by atoms with Crippen LogP contribution in [0.25, 0.3) is 0 Å². The minimum absolute atomic E-state index is 0.0767. The van der Waals surface area contributed by atoms with Crippen LogP contribution in [0.3, 0.4) is 0 Å². The van der Waals surface area contributed by atoms with Gasteiger partial charge in [-0.15, -0.1) is 0 Å². The Hall–Kier alpha value is 0.0938. The Balaban J connectivity index is 8.21. The summed E-state index contributed by atoms with van der Waals surface area (Å²) in [6.07, 6.45) is 0.460. The van der Waals surface area contributed by atoms with E-state index in [1.165, 1.54) is 0 Å². The zero-order valence-corrected chi connectivity index (χ0v) is 21.7. The summed E-state index contributed by atoms with van der Waals surface area (Å²) in [5.41, 5.74) is 0. The van der Waals surface area contributed by atoms with Crippen LogP contribution in [-0.4, -0.2) is 99.6 Å². The third-order valence-electron chi connectivity index (χ3n) is 2.97. The summed E-state index contributed by atoms with van der Waals surface area (Å²) >= 11 is 0. The highest BCUT2D eigenvalue weighted by Gasteiger charge is 2.79. The molecule has 0 rings (SSSR count). The molecule has 0 atom stereocenters. The summed E-state index contributed by atoms with van der Waals surface area (Å²) in [5.74, 6) is -13.0. The smallest absolute Gasteiger partial charge is 0.391 e. The van der Waals surface area contributed by atoms with Crippen LogP contribution in [0.2, 0.25) is 0 Å². The highest BCUT2D eigenvalue weighted by atomic mass is 32.8. The zero-order valence-electron chi connectivity index (χ0n) is 14.8. The average Bonchev–Trinajstić information content (AvgIpc) is 2.16. The van der Waals surface area contributed by atoms with Crippen molar-refractivity contribution in [3.63, 3.8) is 0 Å². The van der Waals surface area contributed by atoms with E-state index >= 15 is 0 Å². The molecule has 0 aromatic carbocycles. The lowest BCUT2D eigenvalue weighted by atomic mass is 12.0. The van der Waals surface area contributed by atoms with Gasteiger partial charge in [-0.3, -0.25) is 0 Å². The van der Waals surface area contributed by atoms with Crippen LogP contribution in [0.4, 0.5) is 0 Å². The molecule has 0 aromatic rings. The lowest BCUT2D eigenvalue weighted by molar-refractivity contribution is 0.552. The molecule has 0 aliphatic heterocycles. The fourth-order valence-electron chi connectivity index (χ4n) is 2.26. The van der Waals surface area contributed by atoms with Gasteiger partial charge < -0.3 is 4.12 Å². The highest BCUT2D eigenvalue weighted by molar-refractivity contribution is 8.76. The Morgan fingerprint density at radius 2 is 0.481 bits per heavy atom. The van der Waals surface area contributed by atoms with Gasteiger partial charge in [0.15, 0.2) is 55.7 Å². The maximum Gasteiger partial charge on any atom is 0.570 e. The minimum atomic E-state index is -6.52. The molecule has 0 aliphatic rings. The van der Waals surface area contributed by atoms with Gasteiger partial charge in [0.05, 0.1) is 0 Å². The molecule has 0 radical (unpaired) electrons. The van der Waals surface area contributed by atoms with Crippen LogP contribution >= 0.6 is 0 Å². The predicted octanol–water partition coefficient (Wildman–Crippen LogP) is -3.86. The number of hydrogen-bond donors (Lipinski definition) is 0. The fourth-order valence-corrected chi connectivity index (χ4v) is 69.2. The lowest BCUT2D eigenvalue weighted by Crippen LogP contribution is -2.72. The van der Waals surface area contributed by atoms with Crippen molar-refractivity contribution < 1.29 is 54.6 Å². The van der Waals surface area contributed by atoms with E-state index < -0.39 is 67.3 Å². The molecule has 0 aromatic heterocycles. The van der Waals surface area contributed by atoms with Gasteiger partial charge in [-0.25, -0.2) is 50.5 Å². The van der Waals surface area contributed by atoms with Crippen molar-refractivity contribution in [3.8, 4) is 0 Å². The molecule has 0 saturated carbocycles. The molecule has 0 bridgehead atoms. The van der Waals surface area contributed by atoms with Gasteiger partial charge in [-0.1, -0.05) is 0 Å². The second-order valence-corrected chi connectivity index (χ2v) is 46.2. The monoisotopic (exact) mass is 546 g/mol. The number of hydrogen-bond acceptors (Lipinski definition) is 13. The summed E-state index contributed by atoms with van der Waals surface area (Å²) in [5, 5.41) is 0. The Labute approximate surface area is 158 Å². The molecule has 164 valence electrons. The average molecular weight is 547 g/mol. The molecule has 0 N–H and O–H groups in total. The van der Waals surface area contributed by atoms with Crippen molar-refractivity contribution in [1.82, 2.24) is 0 Å². The molecule has 21 heteroatoms. The highest BCUT2D eigenvalue weighted by Crippen LogP contribution is 2.36. The molecule has 0 aliphatic carbocycles. The molecule has 0 unspecified atom stereocenters. The van der Waals surface area contributed by atoms with E-state index in [2.05, 4.69) is 4.12 Å². The fraction of sp³-hybridized carbons (Fsp3) is 1.00. The molecule has 27 heavy (non-hydrogen) atoms. The molecule has 13 nitrogen and oxygen atoms in total. The topological polar surface area (TPSA) is 214 Å². The summed E-state index contributed by atoms with van der Waals surface area (Å²) in [6.45, 7) is 0. The second-order valence-electron chi connectivity index (χ2n) is 5.74. The van der Waals surface area contributed by atoms with Crippen LogP contribution in [0, 0.1) is 0 Å². The molecule has 0 fully saturated rings. The quantitative estimate of drug-likeness (QED) is 0.267. The first-order valence-electron chi connectivity index (χ1n) is 6.08. The first kappa shape index (κ1) is 27.1. The van der Waals surface area contributed by atoms with Crippen LogP contribution in [0.5, 0.6) is 0 Å². The summed E-state index contributed by atoms with van der Waals surface area (Å²) < 4.78 is 151. The van der Waals surface area contributed by atoms with Crippen molar-refractivity contribution in [1.29, 1.82) is 0 Å². The molecule has 0 saturated heterocycles. The van der Waals surface area contributed by atoms with Crippen LogP contribution < -0.4 is 0 Å². The second kappa shape index (κ2) is 6.82. The van der Waals surface area contributed by atoms with Gasteiger partial charge in [0.1, 0.15) is 0 Å². The first-order valence-corrected chi connectivity index (χ1v) is 25.6. The summed E-state index contributed by atoms with van der Waals surface area (Å²) in [6, 6.07) is 0. The number of rotatable bonds is 8. The van der Waals surface area contributed by atoms with Crippen LogP contribution in [0.15, 0.2) is 0 Å². The van der Waals surface area contributed by atoms with Gasteiger partial charge in [0.2, 0.25) is 0 Å². The van der Waals surface area contributed by atoms with Crippen LogP contribution in [0.1, 0.15) is 0 Å². The summed E-state index contributed by atoms with van der Waals surface area (Å²) in [7, 11) is -32.2. The molecular formula is C6H18O13S6Si2. The van der Waals surface area contributed by atoms with Gasteiger partial charge in [0.25, 0.3) is 0 Å². The van der Waals surface area contributed by atoms with Crippen molar-refractivity contribution >= 4 is 67.3 Å². The summed E-state index contributed by atoms with van der Waals surface area (Å²) in [4.78, 5) is 0. The van der Waals surface area contributed by atoms with E-state index in [1.54, 1.807) is 0 Å². The maximum atomic E-state index is 12.2. The maximum absolute atomic E-state index is 12.2. The van der Waals surface area contributed by atoms with Gasteiger partial charge in [-0.2, -0.15) is 0 Å². The van der Waals surface area contributed by atoms with Crippen molar-refractivity contribution in [2.24, 2.45) is 0 Å².